The third kappa shape index (κ3) is 4.04. The largest absolute Gasteiger partial charge is 0.495 e. The number of carbonyl (C=O) groups excluding carboxylic acids is 1. The van der Waals surface area contributed by atoms with Gasteiger partial charge < -0.3 is 15.4 Å². The number of anilines is 2. The molecule has 4 heterocycles. The number of amides is 1. The van der Waals surface area contributed by atoms with Crippen LogP contribution in [0.15, 0.2) is 89.6 Å². The number of allylic oxidation sites excluding steroid dienone is 1. The van der Waals surface area contributed by atoms with Crippen LogP contribution in [-0.2, 0) is 4.79 Å². The third-order valence-corrected chi connectivity index (χ3v) is 7.00. The summed E-state index contributed by atoms with van der Waals surface area (Å²) in [6, 6.07) is 20.5. The molecule has 6 rings (SSSR count). The number of tetrazole rings is 1. The highest BCUT2D eigenvalue weighted by Gasteiger charge is 2.37. The molecule has 1 aliphatic heterocycles. The maximum Gasteiger partial charge on any atom is 0.255 e. The summed E-state index contributed by atoms with van der Waals surface area (Å²) in [6.45, 7) is 1.84. The van der Waals surface area contributed by atoms with Crippen LogP contribution in [0.2, 0.25) is 0 Å². The second kappa shape index (κ2) is 9.36. The number of ether oxygens (including phenoxy) is 1. The Hall–Kier alpha value is -4.77. The number of carbonyl (C=O) groups is 1. The van der Waals surface area contributed by atoms with Crippen molar-refractivity contribution in [3.63, 3.8) is 0 Å². The van der Waals surface area contributed by atoms with Crippen molar-refractivity contribution in [3.05, 3.63) is 95.1 Å². The van der Waals surface area contributed by atoms with E-state index in [2.05, 4.69) is 26.2 Å². The van der Waals surface area contributed by atoms with Gasteiger partial charge in [0.1, 0.15) is 17.5 Å². The predicted molar refractivity (Wildman–Crippen MR) is 141 cm³/mol. The number of aromatic nitrogens is 6. The lowest BCUT2D eigenvalue weighted by molar-refractivity contribution is -0.113. The lowest BCUT2D eigenvalue weighted by Gasteiger charge is -2.27. The van der Waals surface area contributed by atoms with Crippen LogP contribution < -0.4 is 15.4 Å². The van der Waals surface area contributed by atoms with Crippen LogP contribution in [0.5, 0.6) is 5.75 Å². The number of hydrogen-bond donors (Lipinski definition) is 2. The molecule has 1 amide bonds. The Kier molecular flexibility index (Phi) is 5.73. The van der Waals surface area contributed by atoms with Crippen molar-refractivity contribution in [1.82, 2.24) is 30.0 Å². The van der Waals surface area contributed by atoms with Gasteiger partial charge in [-0.3, -0.25) is 4.79 Å². The molecule has 0 saturated heterocycles. The molecule has 1 aliphatic rings. The number of rotatable bonds is 6. The molecule has 37 heavy (non-hydrogen) atoms. The fourth-order valence-corrected chi connectivity index (χ4v) is 5.17. The van der Waals surface area contributed by atoms with E-state index in [4.69, 9.17) is 9.84 Å². The average Bonchev–Trinajstić information content (AvgIpc) is 3.69. The molecule has 184 valence electrons. The van der Waals surface area contributed by atoms with Crippen molar-refractivity contribution < 1.29 is 9.53 Å². The van der Waals surface area contributed by atoms with Gasteiger partial charge in [0.25, 0.3) is 5.91 Å². The Morgan fingerprint density at radius 2 is 1.89 bits per heavy atom. The van der Waals surface area contributed by atoms with Crippen LogP contribution in [0.1, 0.15) is 18.5 Å². The summed E-state index contributed by atoms with van der Waals surface area (Å²) in [5.41, 5.74) is 4.13. The molecule has 0 fully saturated rings. The molecule has 5 aromatic rings. The molecule has 0 spiro atoms. The molecule has 1 atom stereocenters. The lowest BCUT2D eigenvalue weighted by atomic mass is 9.94. The van der Waals surface area contributed by atoms with Gasteiger partial charge in [0.2, 0.25) is 5.95 Å². The minimum Gasteiger partial charge on any atom is -0.495 e. The number of nitrogens with one attached hydrogen (secondary N) is 2. The monoisotopic (exact) mass is 510 g/mol. The topological polar surface area (TPSA) is 112 Å². The van der Waals surface area contributed by atoms with Gasteiger partial charge in [0.05, 0.1) is 28.9 Å². The SMILES string of the molecule is COc1ccccc1NC(=O)C1=C(C)Nc2nnnn2C1c1cn(-c2ccccc2)nc1-c1cccs1. The Morgan fingerprint density at radius 1 is 1.08 bits per heavy atom. The molecule has 3 aromatic heterocycles. The number of methoxy groups -OCH3 is 1. The zero-order valence-corrected chi connectivity index (χ0v) is 20.8. The van der Waals surface area contributed by atoms with Crippen molar-refractivity contribution in [2.45, 2.75) is 13.0 Å². The number of nitrogens with zero attached hydrogens (tertiary/aromatic N) is 6. The number of hydrogen-bond acceptors (Lipinski definition) is 8. The minimum absolute atomic E-state index is 0.301. The van der Waals surface area contributed by atoms with Gasteiger partial charge in [-0.1, -0.05) is 41.5 Å². The molecular formula is C26H22N8O2S. The molecule has 0 bridgehead atoms. The summed E-state index contributed by atoms with van der Waals surface area (Å²) >= 11 is 1.58. The molecule has 2 N–H and O–H groups in total. The fourth-order valence-electron chi connectivity index (χ4n) is 4.44. The molecule has 0 aliphatic carbocycles. The summed E-state index contributed by atoms with van der Waals surface area (Å²) < 4.78 is 8.88. The van der Waals surface area contributed by atoms with Crippen molar-refractivity contribution in [2.24, 2.45) is 0 Å². The van der Waals surface area contributed by atoms with Gasteiger partial charge in [-0.15, -0.1) is 11.3 Å². The summed E-state index contributed by atoms with van der Waals surface area (Å²) in [6.07, 6.45) is 1.94. The van der Waals surface area contributed by atoms with Crippen LogP contribution >= 0.6 is 11.3 Å². The first-order chi connectivity index (χ1) is 18.1. The molecule has 0 radical (unpaired) electrons. The first kappa shape index (κ1) is 22.7. The zero-order chi connectivity index (χ0) is 25.4. The van der Waals surface area contributed by atoms with Gasteiger partial charge in [-0.25, -0.2) is 4.68 Å². The van der Waals surface area contributed by atoms with Crippen molar-refractivity contribution >= 4 is 28.9 Å². The molecule has 1 unspecified atom stereocenters. The van der Waals surface area contributed by atoms with E-state index >= 15 is 0 Å². The van der Waals surface area contributed by atoms with E-state index in [-0.39, 0.29) is 5.91 Å². The number of benzene rings is 2. The van der Waals surface area contributed by atoms with Gasteiger partial charge in [0, 0.05) is 17.5 Å². The van der Waals surface area contributed by atoms with Crippen LogP contribution in [0.3, 0.4) is 0 Å². The maximum atomic E-state index is 13.9. The van der Waals surface area contributed by atoms with Gasteiger partial charge in [0.15, 0.2) is 0 Å². The third-order valence-electron chi connectivity index (χ3n) is 6.13. The standard InChI is InChI=1S/C26H22N8O2S/c1-16-22(25(35)28-19-11-6-7-12-20(19)36-2)24(34-26(27-16)29-31-32-34)18-15-33(17-9-4-3-5-10-17)30-23(18)21-13-8-14-37-21/h3-15,24H,1-2H3,(H,28,35)(H,27,29,32). The highest BCUT2D eigenvalue weighted by molar-refractivity contribution is 7.13. The first-order valence-electron chi connectivity index (χ1n) is 11.5. The molecule has 10 nitrogen and oxygen atoms in total. The Bertz CT molecular complexity index is 1600. The second-order valence-corrected chi connectivity index (χ2v) is 9.31. The summed E-state index contributed by atoms with van der Waals surface area (Å²) in [5, 5.41) is 25.4. The van der Waals surface area contributed by atoms with E-state index in [1.165, 1.54) is 0 Å². The Balaban J connectivity index is 1.51. The van der Waals surface area contributed by atoms with E-state index in [0.717, 1.165) is 21.8 Å². The molecule has 11 heteroatoms. The summed E-state index contributed by atoms with van der Waals surface area (Å²) in [7, 11) is 1.57. The average molecular weight is 511 g/mol. The Morgan fingerprint density at radius 3 is 2.68 bits per heavy atom. The van der Waals surface area contributed by atoms with Gasteiger partial charge >= 0.3 is 0 Å². The highest BCUT2D eigenvalue weighted by Crippen LogP contribution is 2.40. The van der Waals surface area contributed by atoms with Crippen LogP contribution in [-0.4, -0.2) is 43.0 Å². The molecule has 0 saturated carbocycles. The zero-order valence-electron chi connectivity index (χ0n) is 20.0. The van der Waals surface area contributed by atoms with Crippen molar-refractivity contribution in [1.29, 1.82) is 0 Å². The molecule has 2 aromatic carbocycles. The highest BCUT2D eigenvalue weighted by atomic mass is 32.1. The minimum atomic E-state index is -0.629. The van der Waals surface area contributed by atoms with Crippen LogP contribution in [0, 0.1) is 0 Å². The Labute approximate surface area is 216 Å². The van der Waals surface area contributed by atoms with Crippen molar-refractivity contribution in [2.75, 3.05) is 17.7 Å². The van der Waals surface area contributed by atoms with E-state index in [1.54, 1.807) is 35.3 Å². The number of thiophene rings is 1. The van der Waals surface area contributed by atoms with E-state index in [1.807, 2.05) is 77.8 Å². The summed E-state index contributed by atoms with van der Waals surface area (Å²) in [5.74, 6) is 0.708. The van der Waals surface area contributed by atoms with Crippen LogP contribution in [0.4, 0.5) is 11.6 Å². The fraction of sp³-hybridized carbons (Fsp3) is 0.115. The maximum absolute atomic E-state index is 13.9. The quantitative estimate of drug-likeness (QED) is 0.345. The number of fused-ring (bicyclic) bond motifs is 1. The van der Waals surface area contributed by atoms with E-state index < -0.39 is 6.04 Å². The van der Waals surface area contributed by atoms with Crippen LogP contribution in [0.25, 0.3) is 16.3 Å². The molecular weight excluding hydrogens is 488 g/mol. The van der Waals surface area contributed by atoms with E-state index in [9.17, 15) is 4.79 Å². The van der Waals surface area contributed by atoms with Gasteiger partial charge in [-0.05, 0) is 53.1 Å². The van der Waals surface area contributed by atoms with E-state index in [0.29, 0.717) is 28.7 Å². The lowest BCUT2D eigenvalue weighted by Crippen LogP contribution is -2.31. The number of para-hydroxylation sites is 3. The predicted octanol–water partition coefficient (Wildman–Crippen LogP) is 4.52. The van der Waals surface area contributed by atoms with Crippen molar-refractivity contribution in [3.8, 4) is 22.0 Å². The van der Waals surface area contributed by atoms with Gasteiger partial charge in [-0.2, -0.15) is 9.78 Å². The second-order valence-electron chi connectivity index (χ2n) is 8.36. The smallest absolute Gasteiger partial charge is 0.255 e. The first-order valence-corrected chi connectivity index (χ1v) is 12.4. The normalized spacial score (nSPS) is 14.7. The summed E-state index contributed by atoms with van der Waals surface area (Å²) in [4.78, 5) is 14.8.